The van der Waals surface area contributed by atoms with Crippen molar-refractivity contribution in [1.82, 2.24) is 15.5 Å². The summed E-state index contributed by atoms with van der Waals surface area (Å²) in [6.07, 6.45) is 1.36. The van der Waals surface area contributed by atoms with Gasteiger partial charge in [-0.25, -0.2) is 4.79 Å². The monoisotopic (exact) mass is 378 g/mol. The summed E-state index contributed by atoms with van der Waals surface area (Å²) in [5.74, 6) is -0.616. The third-order valence-corrected chi connectivity index (χ3v) is 5.36. The molecule has 2 fully saturated rings. The number of aliphatic hydroxyl groups excluding tert-OH is 1. The van der Waals surface area contributed by atoms with E-state index in [1.807, 2.05) is 30.5 Å². The summed E-state index contributed by atoms with van der Waals surface area (Å²) in [6, 6.07) is 5.20. The standard InChI is InChI=1S/C17H22N4O4S/c1-9(22)14-16(24)21-8-11(7-13(21)15(23)20-14)19-17(25)18-10-3-5-12(26-2)6-4-10/h3-6,9,11,13-14,22H,7-8H2,1-2H3,(H,20,23)(H2,18,19,25)/t9-,11-,13-,14+/m0/s1. The molecular weight excluding hydrogens is 356 g/mol. The largest absolute Gasteiger partial charge is 0.391 e. The Morgan fingerprint density at radius 2 is 2.04 bits per heavy atom. The molecule has 2 aliphatic heterocycles. The third kappa shape index (κ3) is 3.78. The first-order valence-electron chi connectivity index (χ1n) is 8.39. The van der Waals surface area contributed by atoms with Gasteiger partial charge in [-0.2, -0.15) is 0 Å². The number of carbonyl (C=O) groups excluding carboxylic acids is 3. The van der Waals surface area contributed by atoms with Crippen molar-refractivity contribution in [3.8, 4) is 0 Å². The Kier molecular flexibility index (Phi) is 5.38. The Morgan fingerprint density at radius 1 is 1.35 bits per heavy atom. The van der Waals surface area contributed by atoms with Crippen molar-refractivity contribution in [2.45, 2.75) is 42.5 Å². The second kappa shape index (κ2) is 7.55. The maximum absolute atomic E-state index is 12.4. The molecule has 2 aliphatic rings. The molecule has 1 aromatic rings. The summed E-state index contributed by atoms with van der Waals surface area (Å²) in [5, 5.41) is 17.8. The van der Waals surface area contributed by atoms with E-state index in [9.17, 15) is 19.5 Å². The van der Waals surface area contributed by atoms with Crippen LogP contribution < -0.4 is 16.0 Å². The quantitative estimate of drug-likeness (QED) is 0.566. The first kappa shape index (κ1) is 18.5. The van der Waals surface area contributed by atoms with Gasteiger partial charge in [0.05, 0.1) is 12.1 Å². The molecule has 1 aromatic carbocycles. The number of benzene rings is 1. The number of hydrogen-bond acceptors (Lipinski definition) is 5. The summed E-state index contributed by atoms with van der Waals surface area (Å²) >= 11 is 1.61. The number of nitrogens with zero attached hydrogens (tertiary/aromatic N) is 1. The molecule has 4 amide bonds. The smallest absolute Gasteiger partial charge is 0.319 e. The number of hydrogen-bond donors (Lipinski definition) is 4. The van der Waals surface area contributed by atoms with Crippen LogP contribution >= 0.6 is 11.8 Å². The number of urea groups is 1. The van der Waals surface area contributed by atoms with E-state index in [4.69, 9.17) is 0 Å². The van der Waals surface area contributed by atoms with Crippen molar-refractivity contribution in [2.24, 2.45) is 0 Å². The molecule has 0 radical (unpaired) electrons. The maximum Gasteiger partial charge on any atom is 0.319 e. The molecule has 0 saturated carbocycles. The number of thioether (sulfide) groups is 1. The van der Waals surface area contributed by atoms with Crippen LogP contribution in [-0.4, -0.2) is 64.9 Å². The molecule has 140 valence electrons. The van der Waals surface area contributed by atoms with Gasteiger partial charge in [0, 0.05) is 17.1 Å². The predicted molar refractivity (Wildman–Crippen MR) is 97.9 cm³/mol. The fourth-order valence-electron chi connectivity index (χ4n) is 3.28. The second-order valence-corrected chi connectivity index (χ2v) is 7.37. The maximum atomic E-state index is 12.4. The van der Waals surface area contributed by atoms with Gasteiger partial charge in [-0.05, 0) is 43.9 Å². The van der Waals surface area contributed by atoms with Crippen LogP contribution in [0.2, 0.25) is 0 Å². The van der Waals surface area contributed by atoms with Gasteiger partial charge in [0.2, 0.25) is 11.8 Å². The molecular formula is C17H22N4O4S. The number of amides is 4. The van der Waals surface area contributed by atoms with E-state index in [2.05, 4.69) is 16.0 Å². The van der Waals surface area contributed by atoms with Crippen LogP contribution in [0.3, 0.4) is 0 Å². The predicted octanol–water partition coefficient (Wildman–Crippen LogP) is 0.379. The molecule has 4 atom stereocenters. The summed E-state index contributed by atoms with van der Waals surface area (Å²) < 4.78 is 0. The van der Waals surface area contributed by atoms with Crippen molar-refractivity contribution in [1.29, 1.82) is 0 Å². The number of nitrogens with one attached hydrogen (secondary N) is 3. The lowest BCUT2D eigenvalue weighted by Crippen LogP contribution is -2.64. The van der Waals surface area contributed by atoms with Gasteiger partial charge in [0.1, 0.15) is 12.1 Å². The Morgan fingerprint density at radius 3 is 2.65 bits per heavy atom. The zero-order valence-corrected chi connectivity index (χ0v) is 15.4. The molecule has 4 N–H and O–H groups in total. The van der Waals surface area contributed by atoms with E-state index >= 15 is 0 Å². The number of aliphatic hydroxyl groups is 1. The molecule has 2 heterocycles. The van der Waals surface area contributed by atoms with E-state index in [1.165, 1.54) is 11.8 Å². The van der Waals surface area contributed by atoms with Gasteiger partial charge in [-0.3, -0.25) is 9.59 Å². The van der Waals surface area contributed by atoms with Crippen LogP contribution in [0, 0.1) is 0 Å². The van der Waals surface area contributed by atoms with Gasteiger partial charge in [-0.15, -0.1) is 11.8 Å². The van der Waals surface area contributed by atoms with Crippen LogP contribution in [0.1, 0.15) is 13.3 Å². The van der Waals surface area contributed by atoms with E-state index in [0.29, 0.717) is 12.1 Å². The zero-order chi connectivity index (χ0) is 18.8. The highest BCUT2D eigenvalue weighted by molar-refractivity contribution is 7.98. The molecule has 0 unspecified atom stereocenters. The lowest BCUT2D eigenvalue weighted by atomic mass is 10.0. The van der Waals surface area contributed by atoms with Gasteiger partial charge in [0.25, 0.3) is 0 Å². The third-order valence-electron chi connectivity index (χ3n) is 4.62. The van der Waals surface area contributed by atoms with Crippen LogP contribution in [-0.2, 0) is 9.59 Å². The Bertz CT molecular complexity index is 709. The highest BCUT2D eigenvalue weighted by Crippen LogP contribution is 2.24. The average Bonchev–Trinajstić information content (AvgIpc) is 3.03. The van der Waals surface area contributed by atoms with E-state index in [1.54, 1.807) is 11.8 Å². The molecule has 2 saturated heterocycles. The van der Waals surface area contributed by atoms with Gasteiger partial charge < -0.3 is 26.0 Å². The molecule has 8 nitrogen and oxygen atoms in total. The minimum Gasteiger partial charge on any atom is -0.391 e. The van der Waals surface area contributed by atoms with Gasteiger partial charge in [0.15, 0.2) is 0 Å². The minimum absolute atomic E-state index is 0.249. The van der Waals surface area contributed by atoms with E-state index < -0.39 is 18.2 Å². The van der Waals surface area contributed by atoms with E-state index in [-0.39, 0.29) is 30.4 Å². The van der Waals surface area contributed by atoms with Crippen LogP contribution in [0.5, 0.6) is 0 Å². The zero-order valence-electron chi connectivity index (χ0n) is 14.6. The van der Waals surface area contributed by atoms with Crippen LogP contribution in [0.15, 0.2) is 29.2 Å². The Hall–Kier alpha value is -2.26. The van der Waals surface area contributed by atoms with E-state index in [0.717, 1.165) is 4.90 Å². The average molecular weight is 378 g/mol. The van der Waals surface area contributed by atoms with Crippen LogP contribution in [0.25, 0.3) is 0 Å². The fourth-order valence-corrected chi connectivity index (χ4v) is 3.68. The first-order chi connectivity index (χ1) is 12.4. The molecule has 0 spiro atoms. The highest BCUT2D eigenvalue weighted by atomic mass is 32.2. The van der Waals surface area contributed by atoms with Crippen molar-refractivity contribution < 1.29 is 19.5 Å². The number of fused-ring (bicyclic) bond motifs is 1. The molecule has 0 bridgehead atoms. The molecule has 9 heteroatoms. The SMILES string of the molecule is CSc1ccc(NC(=O)N[C@H]2C[C@H]3C(=O)N[C@H]([C@H](C)O)C(=O)N3C2)cc1. The molecule has 3 rings (SSSR count). The summed E-state index contributed by atoms with van der Waals surface area (Å²) in [6.45, 7) is 1.71. The topological polar surface area (TPSA) is 111 Å². The lowest BCUT2D eigenvalue weighted by Gasteiger charge is -2.35. The lowest BCUT2D eigenvalue weighted by molar-refractivity contribution is -0.149. The number of piperazine rings is 1. The minimum atomic E-state index is -0.966. The Balaban J connectivity index is 1.59. The molecule has 0 aromatic heterocycles. The first-order valence-corrected chi connectivity index (χ1v) is 9.62. The Labute approximate surface area is 155 Å². The fraction of sp³-hybridized carbons (Fsp3) is 0.471. The number of carbonyl (C=O) groups is 3. The van der Waals surface area contributed by atoms with Crippen LogP contribution in [0.4, 0.5) is 10.5 Å². The highest BCUT2D eigenvalue weighted by Gasteiger charge is 2.47. The summed E-state index contributed by atoms with van der Waals surface area (Å²) in [5.41, 5.74) is 0.666. The van der Waals surface area contributed by atoms with Crippen molar-refractivity contribution in [3.63, 3.8) is 0 Å². The van der Waals surface area contributed by atoms with Crippen molar-refractivity contribution in [2.75, 3.05) is 18.1 Å². The normalized spacial score (nSPS) is 26.1. The van der Waals surface area contributed by atoms with Gasteiger partial charge in [-0.1, -0.05) is 0 Å². The summed E-state index contributed by atoms with van der Waals surface area (Å²) in [7, 11) is 0. The summed E-state index contributed by atoms with van der Waals surface area (Å²) in [4.78, 5) is 39.3. The number of anilines is 1. The number of rotatable bonds is 4. The second-order valence-electron chi connectivity index (χ2n) is 6.49. The molecule has 26 heavy (non-hydrogen) atoms. The molecule has 0 aliphatic carbocycles. The van der Waals surface area contributed by atoms with Gasteiger partial charge >= 0.3 is 6.03 Å². The van der Waals surface area contributed by atoms with Crippen molar-refractivity contribution >= 4 is 35.3 Å². The van der Waals surface area contributed by atoms with Crippen molar-refractivity contribution in [3.05, 3.63) is 24.3 Å².